The zero-order chi connectivity index (χ0) is 22.5. The first-order chi connectivity index (χ1) is 14.7. The number of carbonyl (C=O) groups is 1. The normalized spacial score (nSPS) is 11.2. The maximum atomic E-state index is 13.0. The Morgan fingerprint density at radius 2 is 1.77 bits per heavy atom. The van der Waals surface area contributed by atoms with Crippen LogP contribution in [0.1, 0.15) is 23.1 Å². The molecular formula is C24H29ClN4O2. The molecule has 1 heterocycles. The zero-order valence-electron chi connectivity index (χ0n) is 18.5. The molecule has 1 aromatic heterocycles. The summed E-state index contributed by atoms with van der Waals surface area (Å²) in [6.45, 7) is 5.64. The fourth-order valence-corrected chi connectivity index (χ4v) is 3.73. The number of nitrogens with zero attached hydrogens (tertiary/aromatic N) is 2. The Hall–Kier alpha value is -2.83. The number of amides is 2. The van der Waals surface area contributed by atoms with E-state index in [2.05, 4.69) is 21.3 Å². The number of aryl methyl sites for hydroxylation is 2. The highest BCUT2D eigenvalue weighted by Gasteiger charge is 2.17. The van der Waals surface area contributed by atoms with E-state index in [0.29, 0.717) is 22.8 Å². The lowest BCUT2D eigenvalue weighted by Crippen LogP contribution is -2.37. The lowest BCUT2D eigenvalue weighted by Gasteiger charge is -2.24. The molecule has 0 aliphatic rings. The molecule has 0 fully saturated rings. The number of benzene rings is 2. The number of anilines is 1. The number of pyridine rings is 1. The van der Waals surface area contributed by atoms with E-state index in [0.717, 1.165) is 35.0 Å². The number of aromatic amines is 1. The fraction of sp³-hybridized carbons (Fsp3) is 0.333. The molecule has 0 bridgehead atoms. The summed E-state index contributed by atoms with van der Waals surface area (Å²) < 4.78 is 0. The fourth-order valence-electron chi connectivity index (χ4n) is 3.61. The van der Waals surface area contributed by atoms with Gasteiger partial charge in [-0.15, -0.1) is 0 Å². The van der Waals surface area contributed by atoms with Gasteiger partial charge in [-0.1, -0.05) is 17.7 Å². The number of H-pyrrole nitrogens is 1. The van der Waals surface area contributed by atoms with Crippen LogP contribution in [0.5, 0.6) is 0 Å². The molecule has 0 aliphatic heterocycles. The molecular weight excluding hydrogens is 412 g/mol. The van der Waals surface area contributed by atoms with E-state index in [1.54, 1.807) is 29.2 Å². The molecule has 3 aromatic rings. The summed E-state index contributed by atoms with van der Waals surface area (Å²) in [7, 11) is 3.99. The van der Waals surface area contributed by atoms with Gasteiger partial charge in [0.2, 0.25) is 0 Å². The lowest BCUT2D eigenvalue weighted by molar-refractivity contribution is 0.205. The van der Waals surface area contributed by atoms with Gasteiger partial charge < -0.3 is 20.1 Å². The minimum Gasteiger partial charge on any atom is -0.322 e. The predicted molar refractivity (Wildman–Crippen MR) is 128 cm³/mol. The van der Waals surface area contributed by atoms with Gasteiger partial charge in [0.25, 0.3) is 5.56 Å². The number of carbonyl (C=O) groups excluding carboxylic acids is 1. The first-order valence-corrected chi connectivity index (χ1v) is 10.7. The number of aromatic nitrogens is 1. The number of fused-ring (bicyclic) bond motifs is 1. The molecule has 0 saturated carbocycles. The van der Waals surface area contributed by atoms with Crippen LogP contribution in [0, 0.1) is 13.8 Å². The molecule has 164 valence electrons. The van der Waals surface area contributed by atoms with Crippen LogP contribution < -0.4 is 10.9 Å². The van der Waals surface area contributed by atoms with Crippen LogP contribution in [0.4, 0.5) is 10.5 Å². The molecule has 0 saturated heterocycles. The Morgan fingerprint density at radius 1 is 1.06 bits per heavy atom. The van der Waals surface area contributed by atoms with E-state index in [-0.39, 0.29) is 18.1 Å². The molecule has 0 unspecified atom stereocenters. The Labute approximate surface area is 187 Å². The van der Waals surface area contributed by atoms with E-state index in [1.807, 2.05) is 40.1 Å². The average molecular weight is 441 g/mol. The monoisotopic (exact) mass is 440 g/mol. The highest BCUT2D eigenvalue weighted by Crippen LogP contribution is 2.20. The highest BCUT2D eigenvalue weighted by molar-refractivity contribution is 6.30. The molecule has 0 atom stereocenters. The quantitative estimate of drug-likeness (QED) is 0.555. The molecule has 2 aromatic carbocycles. The third kappa shape index (κ3) is 6.09. The van der Waals surface area contributed by atoms with E-state index < -0.39 is 0 Å². The summed E-state index contributed by atoms with van der Waals surface area (Å²) in [4.78, 5) is 32.5. The molecule has 7 heteroatoms. The smallest absolute Gasteiger partial charge is 0.322 e. The SMILES string of the molecule is Cc1cc(C)c2cc(CN(CCCN(C)C)C(=O)Nc3ccc(Cl)cc3)c(=O)[nH]c2c1. The van der Waals surface area contributed by atoms with Crippen molar-refractivity contribution in [2.75, 3.05) is 32.5 Å². The summed E-state index contributed by atoms with van der Waals surface area (Å²) in [5.74, 6) is 0. The Morgan fingerprint density at radius 3 is 2.45 bits per heavy atom. The van der Waals surface area contributed by atoms with Crippen LogP contribution in [-0.2, 0) is 6.54 Å². The van der Waals surface area contributed by atoms with Crippen molar-refractivity contribution < 1.29 is 4.79 Å². The van der Waals surface area contributed by atoms with Crippen LogP contribution in [0.3, 0.4) is 0 Å². The summed E-state index contributed by atoms with van der Waals surface area (Å²) >= 11 is 5.94. The second-order valence-electron chi connectivity index (χ2n) is 8.18. The molecule has 31 heavy (non-hydrogen) atoms. The van der Waals surface area contributed by atoms with Crippen molar-refractivity contribution in [3.63, 3.8) is 0 Å². The minimum absolute atomic E-state index is 0.172. The van der Waals surface area contributed by atoms with Gasteiger partial charge in [-0.25, -0.2) is 4.79 Å². The standard InChI is InChI=1S/C24H29ClN4O2/c1-16-12-17(2)21-14-18(23(30)27-22(21)13-16)15-29(11-5-10-28(3)4)24(31)26-20-8-6-19(25)7-9-20/h6-9,12-14H,5,10-11,15H2,1-4H3,(H,26,31)(H,27,30). The third-order valence-corrected chi connectivity index (χ3v) is 5.42. The summed E-state index contributed by atoms with van der Waals surface area (Å²) in [6.07, 6.45) is 0.796. The number of hydrogen-bond acceptors (Lipinski definition) is 3. The number of nitrogens with one attached hydrogen (secondary N) is 2. The van der Waals surface area contributed by atoms with Crippen LogP contribution in [-0.4, -0.2) is 48.0 Å². The second kappa shape index (κ2) is 9.98. The zero-order valence-corrected chi connectivity index (χ0v) is 19.2. The number of halogens is 1. The van der Waals surface area contributed by atoms with Gasteiger partial charge in [-0.3, -0.25) is 4.79 Å². The summed E-state index contributed by atoms with van der Waals surface area (Å²) in [5, 5.41) is 4.50. The number of urea groups is 1. The van der Waals surface area contributed by atoms with Gasteiger partial charge in [0.05, 0.1) is 6.54 Å². The van der Waals surface area contributed by atoms with Crippen LogP contribution in [0.25, 0.3) is 10.9 Å². The van der Waals surface area contributed by atoms with Crippen molar-refractivity contribution in [1.82, 2.24) is 14.8 Å². The largest absolute Gasteiger partial charge is 0.322 e. The Balaban J connectivity index is 1.86. The van der Waals surface area contributed by atoms with Crippen molar-refractivity contribution in [2.24, 2.45) is 0 Å². The van der Waals surface area contributed by atoms with Gasteiger partial charge in [0.1, 0.15) is 0 Å². The lowest BCUT2D eigenvalue weighted by atomic mass is 10.0. The van der Waals surface area contributed by atoms with Gasteiger partial charge in [0, 0.05) is 33.7 Å². The van der Waals surface area contributed by atoms with Crippen LogP contribution >= 0.6 is 11.6 Å². The van der Waals surface area contributed by atoms with Crippen molar-refractivity contribution in [2.45, 2.75) is 26.8 Å². The predicted octanol–water partition coefficient (Wildman–Crippen LogP) is 4.78. The van der Waals surface area contributed by atoms with E-state index in [1.165, 1.54) is 0 Å². The van der Waals surface area contributed by atoms with E-state index in [9.17, 15) is 9.59 Å². The second-order valence-corrected chi connectivity index (χ2v) is 8.62. The van der Waals surface area contributed by atoms with Gasteiger partial charge in [0.15, 0.2) is 0 Å². The molecule has 0 spiro atoms. The highest BCUT2D eigenvalue weighted by atomic mass is 35.5. The van der Waals surface area contributed by atoms with Gasteiger partial charge in [-0.2, -0.15) is 0 Å². The third-order valence-electron chi connectivity index (χ3n) is 5.17. The molecule has 0 aliphatic carbocycles. The molecule has 3 rings (SSSR count). The van der Waals surface area contributed by atoms with Crippen molar-refractivity contribution >= 4 is 34.2 Å². The molecule has 6 nitrogen and oxygen atoms in total. The van der Waals surface area contributed by atoms with Crippen molar-refractivity contribution in [3.05, 3.63) is 74.5 Å². The summed E-state index contributed by atoms with van der Waals surface area (Å²) in [5.41, 5.74) is 4.06. The maximum Gasteiger partial charge on any atom is 0.322 e. The Kier molecular flexibility index (Phi) is 7.36. The Bertz CT molecular complexity index is 1120. The number of rotatable bonds is 7. The van der Waals surface area contributed by atoms with Gasteiger partial charge in [-0.05, 0) is 88.4 Å². The molecule has 2 amide bonds. The topological polar surface area (TPSA) is 68.4 Å². The van der Waals surface area contributed by atoms with Crippen LogP contribution in [0.15, 0.2) is 47.3 Å². The molecule has 0 radical (unpaired) electrons. The molecule has 2 N–H and O–H groups in total. The maximum absolute atomic E-state index is 13.0. The number of hydrogen-bond donors (Lipinski definition) is 2. The van der Waals surface area contributed by atoms with Crippen molar-refractivity contribution in [1.29, 1.82) is 0 Å². The van der Waals surface area contributed by atoms with Crippen LogP contribution in [0.2, 0.25) is 5.02 Å². The van der Waals surface area contributed by atoms with E-state index >= 15 is 0 Å². The van der Waals surface area contributed by atoms with Crippen molar-refractivity contribution in [3.8, 4) is 0 Å². The van der Waals surface area contributed by atoms with E-state index in [4.69, 9.17) is 11.6 Å². The summed E-state index contributed by atoms with van der Waals surface area (Å²) in [6, 6.07) is 12.7. The first-order valence-electron chi connectivity index (χ1n) is 10.3. The first kappa shape index (κ1) is 22.8. The minimum atomic E-state index is -0.249. The average Bonchev–Trinajstić information content (AvgIpc) is 2.69. The van der Waals surface area contributed by atoms with Gasteiger partial charge >= 0.3 is 6.03 Å².